The van der Waals surface area contributed by atoms with Gasteiger partial charge in [0.2, 0.25) is 0 Å². The van der Waals surface area contributed by atoms with Gasteiger partial charge in [0.1, 0.15) is 5.69 Å². The van der Waals surface area contributed by atoms with Gasteiger partial charge in [0, 0.05) is 17.9 Å². The van der Waals surface area contributed by atoms with Crippen molar-refractivity contribution in [2.75, 3.05) is 11.9 Å². The van der Waals surface area contributed by atoms with Crippen molar-refractivity contribution in [3.63, 3.8) is 0 Å². The van der Waals surface area contributed by atoms with Gasteiger partial charge in [-0.15, -0.1) is 0 Å². The Labute approximate surface area is 149 Å². The second kappa shape index (κ2) is 7.55. The van der Waals surface area contributed by atoms with Gasteiger partial charge in [-0.1, -0.05) is 12.1 Å². The number of ether oxygens (including phenoxy) is 1. The van der Waals surface area contributed by atoms with Gasteiger partial charge in [-0.3, -0.25) is 4.79 Å². The molecule has 1 N–H and O–H groups in total. The van der Waals surface area contributed by atoms with Crippen molar-refractivity contribution in [2.24, 2.45) is 0 Å². The van der Waals surface area contributed by atoms with Crippen LogP contribution in [0.5, 0.6) is 0 Å². The summed E-state index contributed by atoms with van der Waals surface area (Å²) in [5.74, 6) is -0.600. The maximum absolute atomic E-state index is 12.9. The summed E-state index contributed by atoms with van der Waals surface area (Å²) < 4.78 is 7.00. The highest BCUT2D eigenvalue weighted by molar-refractivity contribution is 6.08. The standard InChI is InChI=1S/C20H26N2O3/c1-7-22-15(6)17(14(5)18(22)20(24)25-8-2)19(23)21-16-11-9-10-12(3)13(16)4/h9-11H,7-8H2,1-6H3,(H,21,23). The van der Waals surface area contributed by atoms with Crippen LogP contribution in [0.1, 0.15) is 57.1 Å². The molecule has 2 aromatic rings. The maximum atomic E-state index is 12.9. The summed E-state index contributed by atoms with van der Waals surface area (Å²) in [4.78, 5) is 25.2. The minimum atomic E-state index is -0.393. The quantitative estimate of drug-likeness (QED) is 0.830. The summed E-state index contributed by atoms with van der Waals surface area (Å²) in [6, 6.07) is 5.81. The van der Waals surface area contributed by atoms with E-state index >= 15 is 0 Å². The van der Waals surface area contributed by atoms with Gasteiger partial charge in [-0.2, -0.15) is 0 Å². The molecule has 0 atom stereocenters. The lowest BCUT2D eigenvalue weighted by atomic mass is 10.1. The van der Waals surface area contributed by atoms with Crippen molar-refractivity contribution in [2.45, 2.75) is 48.1 Å². The van der Waals surface area contributed by atoms with Gasteiger partial charge >= 0.3 is 5.97 Å². The number of rotatable bonds is 5. The molecule has 0 saturated heterocycles. The Bertz CT molecular complexity index is 819. The highest BCUT2D eigenvalue weighted by Gasteiger charge is 2.26. The molecule has 2 rings (SSSR count). The molecule has 0 aliphatic carbocycles. The normalized spacial score (nSPS) is 10.6. The van der Waals surface area contributed by atoms with Crippen molar-refractivity contribution in [3.8, 4) is 0 Å². The zero-order valence-electron chi connectivity index (χ0n) is 15.8. The fourth-order valence-electron chi connectivity index (χ4n) is 3.16. The number of nitrogens with zero attached hydrogens (tertiary/aromatic N) is 1. The molecule has 5 heteroatoms. The van der Waals surface area contributed by atoms with Gasteiger partial charge in [0.25, 0.3) is 5.91 Å². The van der Waals surface area contributed by atoms with Crippen LogP contribution in [0.15, 0.2) is 18.2 Å². The molecule has 1 aromatic heterocycles. The minimum absolute atomic E-state index is 0.207. The summed E-state index contributed by atoms with van der Waals surface area (Å²) in [7, 11) is 0. The molecule has 1 amide bonds. The predicted molar refractivity (Wildman–Crippen MR) is 99.4 cm³/mol. The minimum Gasteiger partial charge on any atom is -0.461 e. The van der Waals surface area contributed by atoms with E-state index in [1.165, 1.54) is 0 Å². The molecule has 1 aromatic carbocycles. The van der Waals surface area contributed by atoms with Crippen LogP contribution < -0.4 is 5.32 Å². The molecule has 0 saturated carbocycles. The van der Waals surface area contributed by atoms with E-state index in [1.54, 1.807) is 13.8 Å². The Morgan fingerprint density at radius 1 is 1.08 bits per heavy atom. The number of anilines is 1. The van der Waals surface area contributed by atoms with Crippen molar-refractivity contribution in [1.29, 1.82) is 0 Å². The monoisotopic (exact) mass is 342 g/mol. The topological polar surface area (TPSA) is 60.3 Å². The zero-order chi connectivity index (χ0) is 18.7. The summed E-state index contributed by atoms with van der Waals surface area (Å²) in [5, 5.41) is 2.98. The van der Waals surface area contributed by atoms with Gasteiger partial charge < -0.3 is 14.6 Å². The lowest BCUT2D eigenvalue weighted by Crippen LogP contribution is -2.15. The number of benzene rings is 1. The first-order valence-electron chi connectivity index (χ1n) is 8.57. The van der Waals surface area contributed by atoms with Crippen LogP contribution in [0.25, 0.3) is 0 Å². The third-order valence-corrected chi connectivity index (χ3v) is 4.63. The predicted octanol–water partition coefficient (Wildman–Crippen LogP) is 4.17. The van der Waals surface area contributed by atoms with E-state index in [1.807, 2.05) is 50.5 Å². The molecular weight excluding hydrogens is 316 g/mol. The van der Waals surface area contributed by atoms with Crippen LogP contribution >= 0.6 is 0 Å². The average molecular weight is 342 g/mol. The molecule has 134 valence electrons. The summed E-state index contributed by atoms with van der Waals surface area (Å²) in [5.41, 5.74) is 5.34. The van der Waals surface area contributed by atoms with E-state index in [9.17, 15) is 9.59 Å². The van der Waals surface area contributed by atoms with E-state index in [0.29, 0.717) is 30.0 Å². The number of aryl methyl sites for hydroxylation is 1. The van der Waals surface area contributed by atoms with Gasteiger partial charge in [0.15, 0.2) is 0 Å². The SMILES string of the molecule is CCOC(=O)c1c(C)c(C(=O)Nc2cccc(C)c2C)c(C)n1CC. The highest BCUT2D eigenvalue weighted by atomic mass is 16.5. The van der Waals surface area contributed by atoms with Crippen LogP contribution in [0.3, 0.4) is 0 Å². The smallest absolute Gasteiger partial charge is 0.355 e. The molecular formula is C20H26N2O3. The summed E-state index contributed by atoms with van der Waals surface area (Å²) >= 11 is 0. The number of amides is 1. The van der Waals surface area contributed by atoms with E-state index in [4.69, 9.17) is 4.74 Å². The van der Waals surface area contributed by atoms with Crippen molar-refractivity contribution < 1.29 is 14.3 Å². The highest BCUT2D eigenvalue weighted by Crippen LogP contribution is 2.25. The van der Waals surface area contributed by atoms with Crippen LogP contribution in [0, 0.1) is 27.7 Å². The lowest BCUT2D eigenvalue weighted by Gasteiger charge is -2.11. The molecule has 0 aliphatic heterocycles. The van der Waals surface area contributed by atoms with Crippen molar-refractivity contribution in [3.05, 3.63) is 51.8 Å². The van der Waals surface area contributed by atoms with E-state index in [-0.39, 0.29) is 5.91 Å². The Hall–Kier alpha value is -2.56. The number of hydrogen-bond donors (Lipinski definition) is 1. The number of carbonyl (C=O) groups excluding carboxylic acids is 2. The molecule has 0 aliphatic rings. The molecule has 25 heavy (non-hydrogen) atoms. The Morgan fingerprint density at radius 2 is 1.76 bits per heavy atom. The van der Waals surface area contributed by atoms with Crippen LogP contribution in [-0.4, -0.2) is 23.1 Å². The molecule has 0 bridgehead atoms. The second-order valence-corrected chi connectivity index (χ2v) is 6.10. The first-order valence-corrected chi connectivity index (χ1v) is 8.57. The maximum Gasteiger partial charge on any atom is 0.355 e. The van der Waals surface area contributed by atoms with Crippen LogP contribution in [0.4, 0.5) is 5.69 Å². The lowest BCUT2D eigenvalue weighted by molar-refractivity contribution is 0.0512. The number of aromatic nitrogens is 1. The fourth-order valence-corrected chi connectivity index (χ4v) is 3.16. The number of carbonyl (C=O) groups is 2. The van der Waals surface area contributed by atoms with Crippen molar-refractivity contribution >= 4 is 17.6 Å². The number of nitrogens with one attached hydrogen (secondary N) is 1. The fraction of sp³-hybridized carbons (Fsp3) is 0.400. The second-order valence-electron chi connectivity index (χ2n) is 6.10. The number of esters is 1. The third-order valence-electron chi connectivity index (χ3n) is 4.63. The molecule has 0 fully saturated rings. The van der Waals surface area contributed by atoms with Crippen molar-refractivity contribution in [1.82, 2.24) is 4.57 Å². The Kier molecular flexibility index (Phi) is 5.67. The molecule has 0 radical (unpaired) electrons. The molecule has 5 nitrogen and oxygen atoms in total. The Morgan fingerprint density at radius 3 is 2.36 bits per heavy atom. The van der Waals surface area contributed by atoms with Gasteiger partial charge in [-0.05, 0) is 64.3 Å². The average Bonchev–Trinajstić information content (AvgIpc) is 2.82. The van der Waals surface area contributed by atoms with Crippen LogP contribution in [0.2, 0.25) is 0 Å². The summed E-state index contributed by atoms with van der Waals surface area (Å²) in [6.07, 6.45) is 0. The van der Waals surface area contributed by atoms with Gasteiger partial charge in [-0.25, -0.2) is 4.79 Å². The first-order chi connectivity index (χ1) is 11.8. The number of hydrogen-bond acceptors (Lipinski definition) is 3. The molecule has 0 unspecified atom stereocenters. The molecule has 1 heterocycles. The summed E-state index contributed by atoms with van der Waals surface area (Å²) in [6.45, 7) is 12.3. The van der Waals surface area contributed by atoms with E-state index < -0.39 is 5.97 Å². The van der Waals surface area contributed by atoms with Gasteiger partial charge in [0.05, 0.1) is 12.2 Å². The van der Waals surface area contributed by atoms with Crippen LogP contribution in [-0.2, 0) is 11.3 Å². The zero-order valence-corrected chi connectivity index (χ0v) is 15.8. The van der Waals surface area contributed by atoms with E-state index in [2.05, 4.69) is 5.32 Å². The third kappa shape index (κ3) is 3.45. The largest absolute Gasteiger partial charge is 0.461 e. The first kappa shape index (κ1) is 18.8. The van der Waals surface area contributed by atoms with E-state index in [0.717, 1.165) is 22.5 Å². The Balaban J connectivity index is 2.46. The molecule has 0 spiro atoms.